The lowest BCUT2D eigenvalue weighted by Crippen LogP contribution is -2.25. The molecule has 0 N–H and O–H groups in total. The molecule has 3 aromatic rings. The minimum atomic E-state index is -0.509. The molecule has 1 aliphatic rings. The Labute approximate surface area is 194 Å². The van der Waals surface area contributed by atoms with E-state index in [4.69, 9.17) is 4.74 Å². The van der Waals surface area contributed by atoms with Crippen LogP contribution in [-0.4, -0.2) is 44.9 Å². The summed E-state index contributed by atoms with van der Waals surface area (Å²) in [5.41, 5.74) is 6.34. The van der Waals surface area contributed by atoms with E-state index < -0.39 is 5.97 Å². The van der Waals surface area contributed by atoms with Crippen molar-refractivity contribution in [2.24, 2.45) is 5.92 Å². The fraction of sp³-hybridized carbons (Fsp3) is 0.385. The molecule has 1 fully saturated rings. The first-order valence-electron chi connectivity index (χ1n) is 11.4. The maximum atomic E-state index is 12.7. The van der Waals surface area contributed by atoms with Crippen molar-refractivity contribution in [1.82, 2.24) is 19.9 Å². The predicted molar refractivity (Wildman–Crippen MR) is 125 cm³/mol. The van der Waals surface area contributed by atoms with Gasteiger partial charge in [0.25, 0.3) is 0 Å². The molecule has 2 heterocycles. The first-order valence-corrected chi connectivity index (χ1v) is 11.4. The number of hydrogen-bond acceptors (Lipinski definition) is 5. The van der Waals surface area contributed by atoms with Crippen LogP contribution in [0.15, 0.2) is 42.5 Å². The Morgan fingerprint density at radius 2 is 1.82 bits per heavy atom. The minimum absolute atomic E-state index is 0.0225. The van der Waals surface area contributed by atoms with Crippen LogP contribution in [0.25, 0.3) is 5.69 Å². The van der Waals surface area contributed by atoms with E-state index in [0.717, 1.165) is 28.8 Å². The van der Waals surface area contributed by atoms with Gasteiger partial charge < -0.3 is 9.64 Å². The molecule has 33 heavy (non-hydrogen) atoms. The lowest BCUT2D eigenvalue weighted by atomic mass is 10.1. The van der Waals surface area contributed by atoms with Gasteiger partial charge in [-0.2, -0.15) is 0 Å². The summed E-state index contributed by atoms with van der Waals surface area (Å²) in [6, 6.07) is 14.3. The Kier molecular flexibility index (Phi) is 6.58. The highest BCUT2D eigenvalue weighted by Crippen LogP contribution is 2.22. The number of rotatable bonds is 7. The van der Waals surface area contributed by atoms with E-state index in [1.165, 1.54) is 5.56 Å². The third-order valence-corrected chi connectivity index (χ3v) is 6.44. The standard InChI is InChI=1S/C26H30N4O3/c1-5-20-9-11-21(12-10-20)14-29-15-22(13-24(29)31)16-33-26(32)25-19(4)30(28-27-25)23-8-6-7-17(2)18(23)3/h6-12,22H,5,13-16H2,1-4H3. The lowest BCUT2D eigenvalue weighted by Gasteiger charge is -2.17. The number of nitrogens with zero attached hydrogens (tertiary/aromatic N) is 4. The molecular formula is C26H30N4O3. The topological polar surface area (TPSA) is 77.3 Å². The van der Waals surface area contributed by atoms with Gasteiger partial charge >= 0.3 is 5.97 Å². The average Bonchev–Trinajstić information content (AvgIpc) is 3.36. The fourth-order valence-corrected chi connectivity index (χ4v) is 4.19. The number of likely N-dealkylation sites (tertiary alicyclic amines) is 1. The highest BCUT2D eigenvalue weighted by molar-refractivity contribution is 5.88. The second-order valence-electron chi connectivity index (χ2n) is 8.77. The molecule has 172 valence electrons. The third kappa shape index (κ3) is 4.82. The first kappa shape index (κ1) is 22.7. The molecule has 1 unspecified atom stereocenters. The van der Waals surface area contributed by atoms with Crippen LogP contribution in [0.1, 0.15) is 51.8 Å². The van der Waals surface area contributed by atoms with Gasteiger partial charge in [-0.15, -0.1) is 5.10 Å². The molecule has 0 aliphatic carbocycles. The maximum Gasteiger partial charge on any atom is 0.360 e. The average molecular weight is 447 g/mol. The van der Waals surface area contributed by atoms with Crippen LogP contribution in [0, 0.1) is 26.7 Å². The van der Waals surface area contributed by atoms with E-state index in [0.29, 0.717) is 25.2 Å². The SMILES string of the molecule is CCc1ccc(CN2CC(COC(=O)c3nnn(-c4cccc(C)c4C)c3C)CC2=O)cc1. The molecule has 1 aromatic heterocycles. The molecule has 1 saturated heterocycles. The summed E-state index contributed by atoms with van der Waals surface area (Å²) in [5, 5.41) is 8.24. The summed E-state index contributed by atoms with van der Waals surface area (Å²) in [4.78, 5) is 27.0. The Morgan fingerprint density at radius 3 is 2.55 bits per heavy atom. The van der Waals surface area contributed by atoms with E-state index >= 15 is 0 Å². The van der Waals surface area contributed by atoms with Gasteiger partial charge in [0.1, 0.15) is 0 Å². The van der Waals surface area contributed by atoms with Crippen molar-refractivity contribution in [3.63, 3.8) is 0 Å². The van der Waals surface area contributed by atoms with E-state index in [-0.39, 0.29) is 24.1 Å². The van der Waals surface area contributed by atoms with Crippen molar-refractivity contribution >= 4 is 11.9 Å². The fourth-order valence-electron chi connectivity index (χ4n) is 4.19. The number of carbonyl (C=O) groups excluding carboxylic acids is 2. The van der Waals surface area contributed by atoms with Crippen molar-refractivity contribution in [2.45, 2.75) is 47.1 Å². The van der Waals surface area contributed by atoms with Crippen molar-refractivity contribution < 1.29 is 14.3 Å². The van der Waals surface area contributed by atoms with Gasteiger partial charge in [-0.25, -0.2) is 9.48 Å². The molecule has 0 saturated carbocycles. The molecule has 0 spiro atoms. The zero-order chi connectivity index (χ0) is 23.5. The van der Waals surface area contributed by atoms with Gasteiger partial charge in [0.2, 0.25) is 5.91 Å². The van der Waals surface area contributed by atoms with Gasteiger partial charge in [-0.3, -0.25) is 4.79 Å². The van der Waals surface area contributed by atoms with E-state index in [1.807, 2.05) is 43.9 Å². The molecule has 1 aliphatic heterocycles. The molecule has 1 atom stereocenters. The molecule has 7 heteroatoms. The van der Waals surface area contributed by atoms with Crippen molar-refractivity contribution in [3.05, 3.63) is 76.1 Å². The Morgan fingerprint density at radius 1 is 1.09 bits per heavy atom. The van der Waals surface area contributed by atoms with Crippen molar-refractivity contribution in [3.8, 4) is 5.69 Å². The number of carbonyl (C=O) groups is 2. The Balaban J connectivity index is 1.36. The van der Waals surface area contributed by atoms with Gasteiger partial charge in [0.15, 0.2) is 5.69 Å². The number of hydrogen-bond donors (Lipinski definition) is 0. The zero-order valence-corrected chi connectivity index (χ0v) is 19.7. The lowest BCUT2D eigenvalue weighted by molar-refractivity contribution is -0.128. The van der Waals surface area contributed by atoms with Gasteiger partial charge in [0.05, 0.1) is 18.0 Å². The third-order valence-electron chi connectivity index (χ3n) is 6.44. The van der Waals surface area contributed by atoms with Crippen LogP contribution in [0.4, 0.5) is 0 Å². The Bertz CT molecular complexity index is 1170. The number of amides is 1. The van der Waals surface area contributed by atoms with Crippen LogP contribution < -0.4 is 0 Å². The number of aryl methyl sites for hydroxylation is 2. The number of benzene rings is 2. The van der Waals surface area contributed by atoms with Gasteiger partial charge in [0, 0.05) is 25.4 Å². The minimum Gasteiger partial charge on any atom is -0.460 e. The largest absolute Gasteiger partial charge is 0.460 e. The predicted octanol–water partition coefficient (Wildman–Crippen LogP) is 3.96. The maximum absolute atomic E-state index is 12.7. The number of ether oxygens (including phenoxy) is 1. The van der Waals surface area contributed by atoms with Crippen LogP contribution >= 0.6 is 0 Å². The molecule has 7 nitrogen and oxygen atoms in total. The second kappa shape index (κ2) is 9.57. The van der Waals surface area contributed by atoms with Crippen LogP contribution in [-0.2, 0) is 22.5 Å². The highest BCUT2D eigenvalue weighted by Gasteiger charge is 2.31. The molecule has 0 radical (unpaired) electrons. The quantitative estimate of drug-likeness (QED) is 0.514. The second-order valence-corrected chi connectivity index (χ2v) is 8.77. The molecule has 1 amide bonds. The molecular weight excluding hydrogens is 416 g/mol. The Hall–Kier alpha value is -3.48. The summed E-state index contributed by atoms with van der Waals surface area (Å²) in [5.74, 6) is -0.441. The normalized spacial score (nSPS) is 15.8. The van der Waals surface area contributed by atoms with Gasteiger partial charge in [-0.1, -0.05) is 48.5 Å². The van der Waals surface area contributed by atoms with E-state index in [1.54, 1.807) is 4.68 Å². The smallest absolute Gasteiger partial charge is 0.360 e. The zero-order valence-electron chi connectivity index (χ0n) is 19.7. The van der Waals surface area contributed by atoms with Crippen LogP contribution in [0.5, 0.6) is 0 Å². The number of esters is 1. The van der Waals surface area contributed by atoms with Crippen molar-refractivity contribution in [2.75, 3.05) is 13.2 Å². The van der Waals surface area contributed by atoms with E-state index in [2.05, 4.69) is 41.5 Å². The summed E-state index contributed by atoms with van der Waals surface area (Å²) < 4.78 is 7.21. The number of aromatic nitrogens is 3. The summed E-state index contributed by atoms with van der Waals surface area (Å²) in [6.45, 7) is 9.33. The van der Waals surface area contributed by atoms with Crippen molar-refractivity contribution in [1.29, 1.82) is 0 Å². The summed E-state index contributed by atoms with van der Waals surface area (Å²) in [7, 11) is 0. The molecule has 4 rings (SSSR count). The molecule has 0 bridgehead atoms. The van der Waals surface area contributed by atoms with Gasteiger partial charge in [-0.05, 0) is 55.5 Å². The highest BCUT2D eigenvalue weighted by atomic mass is 16.5. The summed E-state index contributed by atoms with van der Waals surface area (Å²) >= 11 is 0. The summed E-state index contributed by atoms with van der Waals surface area (Å²) in [6.07, 6.45) is 1.38. The monoisotopic (exact) mass is 446 g/mol. The molecule has 2 aromatic carbocycles. The first-order chi connectivity index (χ1) is 15.9. The van der Waals surface area contributed by atoms with E-state index in [9.17, 15) is 9.59 Å². The van der Waals surface area contributed by atoms with Crippen LogP contribution in [0.2, 0.25) is 0 Å². The van der Waals surface area contributed by atoms with Crippen LogP contribution in [0.3, 0.4) is 0 Å².